The van der Waals surface area contributed by atoms with Crippen molar-refractivity contribution in [3.8, 4) is 11.5 Å². The van der Waals surface area contributed by atoms with Crippen molar-refractivity contribution >= 4 is 57.1 Å². The van der Waals surface area contributed by atoms with Gasteiger partial charge in [0.05, 0.1) is 11.0 Å². The first-order valence-electron chi connectivity index (χ1n) is 8.77. The zero-order valence-electron chi connectivity index (χ0n) is 15.5. The molecule has 0 saturated heterocycles. The number of imidazole rings is 1. The second-order valence-corrected chi connectivity index (χ2v) is 7.60. The summed E-state index contributed by atoms with van der Waals surface area (Å²) < 4.78 is 39.0. The summed E-state index contributed by atoms with van der Waals surface area (Å²) in [5.74, 6) is -1.67. The summed E-state index contributed by atoms with van der Waals surface area (Å²) in [7, 11) is 0. The van der Waals surface area contributed by atoms with E-state index in [1.54, 1.807) is 18.2 Å². The summed E-state index contributed by atoms with van der Waals surface area (Å²) in [6, 6.07) is 8.85. The van der Waals surface area contributed by atoms with Gasteiger partial charge < -0.3 is 14.5 Å². The van der Waals surface area contributed by atoms with Gasteiger partial charge in [0, 0.05) is 34.3 Å². The van der Waals surface area contributed by atoms with Crippen molar-refractivity contribution in [1.82, 2.24) is 19.3 Å². The van der Waals surface area contributed by atoms with Crippen LogP contribution >= 0.6 is 23.1 Å². The van der Waals surface area contributed by atoms with E-state index in [4.69, 9.17) is 11.6 Å². The number of hydrogen-bond donors (Lipinski definition) is 3. The van der Waals surface area contributed by atoms with Crippen LogP contribution in [-0.4, -0.2) is 37.4 Å². The number of nitrogens with one attached hydrogen (secondary N) is 3. The van der Waals surface area contributed by atoms with Crippen molar-refractivity contribution in [1.29, 1.82) is 0 Å². The second kappa shape index (κ2) is 7.39. The Morgan fingerprint density at radius 1 is 1.06 bits per heavy atom. The van der Waals surface area contributed by atoms with Gasteiger partial charge in [0.1, 0.15) is 0 Å². The zero-order chi connectivity index (χ0) is 22.5. The van der Waals surface area contributed by atoms with E-state index >= 15 is 0 Å². The molecule has 1 aliphatic heterocycles. The Labute approximate surface area is 185 Å². The maximum atomic E-state index is 13.2. The number of fused-ring (bicyclic) bond motifs is 2. The van der Waals surface area contributed by atoms with E-state index in [0.717, 1.165) is 11.5 Å². The molecule has 0 unspecified atom stereocenters. The van der Waals surface area contributed by atoms with Crippen molar-refractivity contribution in [3.05, 3.63) is 52.8 Å². The molecule has 0 atom stereocenters. The first kappa shape index (κ1) is 20.1. The van der Waals surface area contributed by atoms with Gasteiger partial charge in [0.15, 0.2) is 11.5 Å². The quantitative estimate of drug-likeness (QED) is 0.405. The van der Waals surface area contributed by atoms with Crippen molar-refractivity contribution in [2.24, 2.45) is 0 Å². The van der Waals surface area contributed by atoms with E-state index in [2.05, 4.69) is 39.4 Å². The molecule has 0 aliphatic carbocycles. The number of carbonyl (C=O) groups excluding carboxylic acids is 2. The number of H-pyrrole nitrogens is 1. The highest BCUT2D eigenvalue weighted by Gasteiger charge is 2.43. The van der Waals surface area contributed by atoms with Crippen LogP contribution in [0.15, 0.2) is 36.4 Å². The lowest BCUT2D eigenvalue weighted by molar-refractivity contribution is -0.286. The fourth-order valence-corrected chi connectivity index (χ4v) is 3.59. The topological polar surface area (TPSA) is 131 Å². The number of anilines is 2. The molecule has 3 N–H and O–H groups in total. The van der Waals surface area contributed by atoms with E-state index in [1.165, 1.54) is 18.2 Å². The monoisotopic (exact) mass is 478 g/mol. The predicted molar refractivity (Wildman–Crippen MR) is 110 cm³/mol. The summed E-state index contributed by atoms with van der Waals surface area (Å²) in [5.41, 5.74) is 0.917. The summed E-state index contributed by atoms with van der Waals surface area (Å²) in [6.45, 7) is 0. The van der Waals surface area contributed by atoms with Gasteiger partial charge in [-0.3, -0.25) is 20.2 Å². The SMILES string of the molecule is O=C(Nc1nc(C(=O)Nc2nc3cc4c(cc3[nH]2)OC(F)(F)O4)ns1)c1cccc(Cl)c1. The van der Waals surface area contributed by atoms with Crippen LogP contribution in [0.3, 0.4) is 0 Å². The number of carbonyl (C=O) groups is 2. The number of amides is 2. The average Bonchev–Trinajstić information content (AvgIpc) is 3.41. The molecule has 162 valence electrons. The van der Waals surface area contributed by atoms with Crippen LogP contribution < -0.4 is 20.1 Å². The Bertz CT molecular complexity index is 1350. The van der Waals surface area contributed by atoms with Gasteiger partial charge in [-0.2, -0.15) is 9.36 Å². The third-order valence-electron chi connectivity index (χ3n) is 4.17. The van der Waals surface area contributed by atoms with Crippen molar-refractivity contribution in [3.63, 3.8) is 0 Å². The molecular weight excluding hydrogens is 470 g/mol. The first-order valence-corrected chi connectivity index (χ1v) is 9.92. The molecule has 0 fully saturated rings. The highest BCUT2D eigenvalue weighted by atomic mass is 35.5. The summed E-state index contributed by atoms with van der Waals surface area (Å²) in [5, 5.41) is 5.50. The fraction of sp³-hybridized carbons (Fsp3) is 0.0556. The number of benzene rings is 2. The molecule has 0 bridgehead atoms. The lowest BCUT2D eigenvalue weighted by atomic mass is 10.2. The number of hydrogen-bond acceptors (Lipinski definition) is 8. The maximum absolute atomic E-state index is 13.2. The highest BCUT2D eigenvalue weighted by molar-refractivity contribution is 7.10. The van der Waals surface area contributed by atoms with Gasteiger partial charge in [0.2, 0.25) is 16.9 Å². The molecule has 0 spiro atoms. The summed E-state index contributed by atoms with van der Waals surface area (Å²) in [6.07, 6.45) is -3.74. The second-order valence-electron chi connectivity index (χ2n) is 6.41. The van der Waals surface area contributed by atoms with Gasteiger partial charge in [-0.25, -0.2) is 4.98 Å². The number of nitrogens with zero attached hydrogens (tertiary/aromatic N) is 3. The van der Waals surface area contributed by atoms with E-state index in [1.807, 2.05) is 0 Å². The number of aromatic amines is 1. The third-order valence-corrected chi connectivity index (χ3v) is 5.04. The van der Waals surface area contributed by atoms with Gasteiger partial charge in [-0.05, 0) is 18.2 Å². The molecule has 1 aliphatic rings. The van der Waals surface area contributed by atoms with Crippen LogP contribution in [0, 0.1) is 0 Å². The smallest absolute Gasteiger partial charge is 0.395 e. The molecule has 5 rings (SSSR count). The molecule has 10 nitrogen and oxygen atoms in total. The summed E-state index contributed by atoms with van der Waals surface area (Å²) >= 11 is 6.68. The van der Waals surface area contributed by atoms with Crippen LogP contribution in [0.4, 0.5) is 19.9 Å². The van der Waals surface area contributed by atoms with Crippen molar-refractivity contribution < 1.29 is 27.8 Å². The minimum Gasteiger partial charge on any atom is -0.395 e. The molecule has 32 heavy (non-hydrogen) atoms. The van der Waals surface area contributed by atoms with E-state index in [-0.39, 0.29) is 33.9 Å². The van der Waals surface area contributed by atoms with Crippen LogP contribution in [0.5, 0.6) is 11.5 Å². The van der Waals surface area contributed by atoms with Crippen molar-refractivity contribution in [2.45, 2.75) is 6.29 Å². The Kier molecular flexibility index (Phi) is 4.64. The lowest BCUT2D eigenvalue weighted by Gasteiger charge is -2.04. The Morgan fingerprint density at radius 2 is 1.84 bits per heavy atom. The molecule has 0 radical (unpaired) electrons. The van der Waals surface area contributed by atoms with Gasteiger partial charge in [0.25, 0.3) is 11.8 Å². The molecule has 4 aromatic rings. The third kappa shape index (κ3) is 3.90. The van der Waals surface area contributed by atoms with Crippen LogP contribution in [0.2, 0.25) is 5.02 Å². The number of rotatable bonds is 4. The molecule has 14 heteroatoms. The van der Waals surface area contributed by atoms with Crippen LogP contribution in [0.1, 0.15) is 21.0 Å². The Balaban J connectivity index is 1.28. The molecule has 2 aromatic heterocycles. The average molecular weight is 479 g/mol. The first-order chi connectivity index (χ1) is 15.3. The van der Waals surface area contributed by atoms with Crippen molar-refractivity contribution in [2.75, 3.05) is 10.6 Å². The highest BCUT2D eigenvalue weighted by Crippen LogP contribution is 2.42. The number of aromatic nitrogens is 4. The minimum absolute atomic E-state index is 0.0275. The number of alkyl halides is 2. The maximum Gasteiger partial charge on any atom is 0.586 e. The molecule has 2 aromatic carbocycles. The normalized spacial score (nSPS) is 13.8. The lowest BCUT2D eigenvalue weighted by Crippen LogP contribution is -2.25. The van der Waals surface area contributed by atoms with Crippen LogP contribution in [0.25, 0.3) is 11.0 Å². The number of halogens is 3. The van der Waals surface area contributed by atoms with E-state index in [9.17, 15) is 18.4 Å². The largest absolute Gasteiger partial charge is 0.586 e. The number of ether oxygens (including phenoxy) is 2. The van der Waals surface area contributed by atoms with Gasteiger partial charge >= 0.3 is 6.29 Å². The summed E-state index contributed by atoms with van der Waals surface area (Å²) in [4.78, 5) is 35.5. The zero-order valence-corrected chi connectivity index (χ0v) is 17.1. The van der Waals surface area contributed by atoms with E-state index in [0.29, 0.717) is 16.1 Å². The molecule has 0 saturated carbocycles. The molecule has 3 heterocycles. The molecular formula is C18H9ClF2N6O4S. The standard InChI is InChI=1S/C18H9ClF2N6O4S/c19-8-3-1-2-7(4-8)14(28)26-17-24-13(27-32-17)15(29)25-16-22-9-5-11-12(6-10(9)23-16)31-18(20,21)30-11/h1-6H,(H2,22,23,25,29)(H,24,26,27,28). The van der Waals surface area contributed by atoms with Crippen LogP contribution in [-0.2, 0) is 0 Å². The fourth-order valence-electron chi connectivity index (χ4n) is 2.84. The Hall–Kier alpha value is -3.84. The Morgan fingerprint density at radius 3 is 2.62 bits per heavy atom. The minimum atomic E-state index is -3.74. The molecule has 2 amide bonds. The van der Waals surface area contributed by atoms with Gasteiger partial charge in [-0.15, -0.1) is 8.78 Å². The van der Waals surface area contributed by atoms with E-state index < -0.39 is 18.1 Å². The predicted octanol–water partition coefficient (Wildman–Crippen LogP) is 3.89. The van der Waals surface area contributed by atoms with Gasteiger partial charge in [-0.1, -0.05) is 17.7 Å².